The van der Waals surface area contributed by atoms with Crippen LogP contribution in [0.5, 0.6) is 17.2 Å². The lowest BCUT2D eigenvalue weighted by Gasteiger charge is -2.35. The van der Waals surface area contributed by atoms with Gasteiger partial charge in [-0.15, -0.1) is 0 Å². The maximum atomic E-state index is 13.8. The number of rotatable bonds is 7. The van der Waals surface area contributed by atoms with E-state index in [2.05, 4.69) is 15.4 Å². The fourth-order valence-electron chi connectivity index (χ4n) is 5.32. The average molecular weight is 509 g/mol. The molecular weight excluding hydrogens is 480 g/mol. The number of hydrogen-bond acceptors (Lipinski definition) is 7. The molecule has 1 aliphatic heterocycles. The fourth-order valence-corrected chi connectivity index (χ4v) is 5.32. The van der Waals surface area contributed by atoms with Gasteiger partial charge in [0.25, 0.3) is 0 Å². The molecule has 3 aromatic carbocycles. The van der Waals surface area contributed by atoms with Crippen molar-refractivity contribution in [3.05, 3.63) is 107 Å². The number of ether oxygens (including phenoxy) is 3. The Morgan fingerprint density at radius 2 is 1.76 bits per heavy atom. The molecule has 4 aromatic rings. The fraction of sp³-hybridized carbons (Fsp3) is 0.233. The molecule has 1 aromatic heterocycles. The van der Waals surface area contributed by atoms with Gasteiger partial charge in [-0.1, -0.05) is 48.5 Å². The minimum Gasteiger partial charge on any atom is -0.493 e. The molecule has 6 rings (SSSR count). The normalized spacial score (nSPS) is 18.3. The van der Waals surface area contributed by atoms with Crippen molar-refractivity contribution in [2.75, 3.05) is 19.5 Å². The van der Waals surface area contributed by atoms with Crippen LogP contribution in [0.3, 0.4) is 0 Å². The molecule has 0 spiro atoms. The molecule has 0 unspecified atom stereocenters. The van der Waals surface area contributed by atoms with Gasteiger partial charge in [-0.3, -0.25) is 4.79 Å². The van der Waals surface area contributed by atoms with E-state index >= 15 is 0 Å². The largest absolute Gasteiger partial charge is 0.493 e. The summed E-state index contributed by atoms with van der Waals surface area (Å²) in [5, 5.41) is 7.85. The number of Topliss-reactive ketones (excluding diaryl/α,β-unsaturated/α-hetero) is 1. The molecule has 2 aliphatic rings. The first-order valence-corrected chi connectivity index (χ1v) is 12.6. The van der Waals surface area contributed by atoms with E-state index in [-0.39, 0.29) is 17.7 Å². The van der Waals surface area contributed by atoms with Crippen molar-refractivity contribution in [3.63, 3.8) is 0 Å². The Balaban J connectivity index is 1.33. The van der Waals surface area contributed by atoms with Gasteiger partial charge in [0.05, 0.1) is 14.2 Å². The molecule has 0 saturated carbocycles. The highest BCUT2D eigenvalue weighted by molar-refractivity contribution is 6.00. The number of ketones is 1. The van der Waals surface area contributed by atoms with Crippen LogP contribution in [0.25, 0.3) is 0 Å². The zero-order chi connectivity index (χ0) is 26.1. The zero-order valence-electron chi connectivity index (χ0n) is 21.3. The highest BCUT2D eigenvalue weighted by Gasteiger charge is 2.39. The summed E-state index contributed by atoms with van der Waals surface area (Å²) in [6.45, 7) is 0.463. The number of carbonyl (C=O) groups excluding carboxylic acids is 1. The van der Waals surface area contributed by atoms with Crippen molar-refractivity contribution in [1.82, 2.24) is 14.8 Å². The summed E-state index contributed by atoms with van der Waals surface area (Å²) in [4.78, 5) is 18.2. The van der Waals surface area contributed by atoms with E-state index in [9.17, 15) is 4.79 Å². The number of methoxy groups -OCH3 is 2. The van der Waals surface area contributed by atoms with Crippen molar-refractivity contribution in [2.24, 2.45) is 0 Å². The van der Waals surface area contributed by atoms with Gasteiger partial charge in [0.15, 0.2) is 17.3 Å². The van der Waals surface area contributed by atoms with Crippen molar-refractivity contribution >= 4 is 11.7 Å². The number of nitrogens with one attached hydrogen (secondary N) is 1. The summed E-state index contributed by atoms with van der Waals surface area (Å²) in [6, 6.07) is 23.4. The molecule has 8 heteroatoms. The van der Waals surface area contributed by atoms with Crippen LogP contribution in [-0.2, 0) is 11.4 Å². The van der Waals surface area contributed by atoms with E-state index in [1.54, 1.807) is 18.9 Å². The summed E-state index contributed by atoms with van der Waals surface area (Å²) < 4.78 is 18.8. The highest BCUT2D eigenvalue weighted by atomic mass is 16.5. The number of nitrogens with zero attached hydrogens (tertiary/aromatic N) is 3. The number of allylic oxidation sites excluding steroid dienone is 2. The third-order valence-electron chi connectivity index (χ3n) is 7.16. The van der Waals surface area contributed by atoms with Crippen molar-refractivity contribution in [3.8, 4) is 17.2 Å². The summed E-state index contributed by atoms with van der Waals surface area (Å²) in [6.07, 6.45) is 2.57. The summed E-state index contributed by atoms with van der Waals surface area (Å²) in [5.74, 6) is 2.75. The van der Waals surface area contributed by atoms with Crippen LogP contribution in [0.2, 0.25) is 0 Å². The molecule has 38 heavy (non-hydrogen) atoms. The van der Waals surface area contributed by atoms with E-state index in [1.807, 2.05) is 72.8 Å². The number of benzene rings is 3. The molecule has 192 valence electrons. The molecule has 0 amide bonds. The summed E-state index contributed by atoms with van der Waals surface area (Å²) in [5.41, 5.74) is 4.65. The van der Waals surface area contributed by atoms with Crippen LogP contribution in [-0.4, -0.2) is 34.8 Å². The van der Waals surface area contributed by atoms with Crippen molar-refractivity contribution in [2.45, 2.75) is 31.4 Å². The van der Waals surface area contributed by atoms with Gasteiger partial charge in [-0.25, -0.2) is 4.68 Å². The Labute approximate surface area is 220 Å². The van der Waals surface area contributed by atoms with Crippen LogP contribution in [0, 0.1) is 0 Å². The zero-order valence-corrected chi connectivity index (χ0v) is 21.3. The summed E-state index contributed by atoms with van der Waals surface area (Å²) in [7, 11) is 3.23. The second-order valence-electron chi connectivity index (χ2n) is 9.44. The minimum absolute atomic E-state index is 0.00391. The monoisotopic (exact) mass is 508 g/mol. The van der Waals surface area contributed by atoms with E-state index in [0.717, 1.165) is 33.7 Å². The Hall–Kier alpha value is -4.59. The standard InChI is InChI=1S/C30H28N4O4/c1-36-26-12-11-20(16-27(26)37-2)22-14-24-28(25(35)15-22)29(34-30(33-24)31-18-32-34)21-9-6-10-23(13-21)38-17-19-7-4-3-5-8-19/h3-13,16,18,22,29H,14-15,17H2,1-2H3,(H,31,32,33)/t22-,29-/m1/s1. The number of anilines is 1. The van der Waals surface area contributed by atoms with Crippen LogP contribution < -0.4 is 19.5 Å². The van der Waals surface area contributed by atoms with Crippen LogP contribution in [0.1, 0.15) is 41.5 Å². The van der Waals surface area contributed by atoms with E-state index in [0.29, 0.717) is 36.9 Å². The Bertz CT molecular complexity index is 1510. The van der Waals surface area contributed by atoms with Crippen molar-refractivity contribution < 1.29 is 19.0 Å². The predicted octanol–water partition coefficient (Wildman–Crippen LogP) is 5.29. The van der Waals surface area contributed by atoms with Crippen LogP contribution >= 0.6 is 0 Å². The van der Waals surface area contributed by atoms with E-state index in [1.165, 1.54) is 6.33 Å². The molecular formula is C30H28N4O4. The Morgan fingerprint density at radius 3 is 2.58 bits per heavy atom. The second kappa shape index (κ2) is 10.0. The van der Waals surface area contributed by atoms with E-state index < -0.39 is 0 Å². The highest BCUT2D eigenvalue weighted by Crippen LogP contribution is 2.45. The second-order valence-corrected chi connectivity index (χ2v) is 9.44. The van der Waals surface area contributed by atoms with Gasteiger partial charge < -0.3 is 19.5 Å². The minimum atomic E-state index is -0.386. The first-order valence-electron chi connectivity index (χ1n) is 12.6. The molecule has 1 N–H and O–H groups in total. The van der Waals surface area contributed by atoms with Crippen LogP contribution in [0.4, 0.5) is 5.95 Å². The van der Waals surface area contributed by atoms with Crippen molar-refractivity contribution in [1.29, 1.82) is 0 Å². The quantitative estimate of drug-likeness (QED) is 0.363. The third kappa shape index (κ3) is 4.38. The maximum absolute atomic E-state index is 13.8. The van der Waals surface area contributed by atoms with Gasteiger partial charge in [0.2, 0.25) is 5.95 Å². The van der Waals surface area contributed by atoms with Gasteiger partial charge in [-0.2, -0.15) is 10.1 Å². The topological polar surface area (TPSA) is 87.5 Å². The molecule has 2 heterocycles. The van der Waals surface area contributed by atoms with Gasteiger partial charge in [0.1, 0.15) is 24.7 Å². The molecule has 0 radical (unpaired) electrons. The Kier molecular flexibility index (Phi) is 6.29. The number of hydrogen-bond donors (Lipinski definition) is 1. The molecule has 0 bridgehead atoms. The number of fused-ring (bicyclic) bond motifs is 1. The average Bonchev–Trinajstić information content (AvgIpc) is 3.43. The van der Waals surface area contributed by atoms with Crippen LogP contribution in [0.15, 0.2) is 90.4 Å². The van der Waals surface area contributed by atoms with Gasteiger partial charge >= 0.3 is 0 Å². The lowest BCUT2D eigenvalue weighted by atomic mass is 9.78. The lowest BCUT2D eigenvalue weighted by Crippen LogP contribution is -2.33. The molecule has 8 nitrogen and oxygen atoms in total. The molecule has 1 aliphatic carbocycles. The Morgan fingerprint density at radius 1 is 0.921 bits per heavy atom. The predicted molar refractivity (Wildman–Crippen MR) is 143 cm³/mol. The maximum Gasteiger partial charge on any atom is 0.226 e. The van der Waals surface area contributed by atoms with Gasteiger partial charge in [0, 0.05) is 17.7 Å². The third-order valence-corrected chi connectivity index (χ3v) is 7.16. The molecule has 0 saturated heterocycles. The first kappa shape index (κ1) is 23.8. The SMILES string of the molecule is COc1ccc([C@H]2CC(=O)C3=C(C2)Nc2ncnn2[C@@H]3c2cccc(OCc3ccccc3)c2)cc1OC. The molecule has 0 fully saturated rings. The lowest BCUT2D eigenvalue weighted by molar-refractivity contribution is -0.116. The molecule has 2 atom stereocenters. The number of carbonyl (C=O) groups is 1. The summed E-state index contributed by atoms with van der Waals surface area (Å²) >= 11 is 0. The first-order chi connectivity index (χ1) is 18.6. The number of aromatic nitrogens is 3. The van der Waals surface area contributed by atoms with E-state index in [4.69, 9.17) is 14.2 Å². The smallest absolute Gasteiger partial charge is 0.226 e. The van der Waals surface area contributed by atoms with Gasteiger partial charge in [-0.05, 0) is 53.3 Å².